The van der Waals surface area contributed by atoms with E-state index in [0.29, 0.717) is 17.9 Å². The number of nitrogens with zero attached hydrogens (tertiary/aromatic N) is 3. The van der Waals surface area contributed by atoms with E-state index in [9.17, 15) is 4.79 Å². The van der Waals surface area contributed by atoms with Gasteiger partial charge in [0.15, 0.2) is 0 Å². The quantitative estimate of drug-likeness (QED) is 0.761. The topological polar surface area (TPSA) is 26.8 Å². The Labute approximate surface area is 152 Å². The number of likely N-dealkylation sites (N-methyl/N-ethyl adjacent to an activating group) is 1. The van der Waals surface area contributed by atoms with Crippen molar-refractivity contribution in [3.8, 4) is 0 Å². The fraction of sp³-hybridized carbons (Fsp3) is 0.667. The Morgan fingerprint density at radius 3 is 2.68 bits per heavy atom. The first kappa shape index (κ1) is 18.4. The molecule has 0 saturated carbocycles. The van der Waals surface area contributed by atoms with Crippen LogP contribution in [0.15, 0.2) is 30.3 Å². The molecular formula is C21H33N3O. The predicted octanol–water partition coefficient (Wildman–Crippen LogP) is 2.49. The lowest BCUT2D eigenvalue weighted by molar-refractivity contribution is -0.141. The van der Waals surface area contributed by atoms with Crippen LogP contribution in [0, 0.1) is 5.92 Å². The molecule has 4 heteroatoms. The summed E-state index contributed by atoms with van der Waals surface area (Å²) in [4.78, 5) is 19.4. The number of aryl methyl sites for hydroxylation is 1. The zero-order chi connectivity index (χ0) is 17.6. The molecule has 0 N–H and O–H groups in total. The van der Waals surface area contributed by atoms with Crippen molar-refractivity contribution in [3.05, 3.63) is 35.9 Å². The van der Waals surface area contributed by atoms with E-state index in [0.717, 1.165) is 38.9 Å². The van der Waals surface area contributed by atoms with Gasteiger partial charge in [0.25, 0.3) is 0 Å². The second kappa shape index (κ2) is 8.81. The van der Waals surface area contributed by atoms with Gasteiger partial charge in [-0.3, -0.25) is 4.79 Å². The van der Waals surface area contributed by atoms with Crippen LogP contribution in [0.5, 0.6) is 0 Å². The van der Waals surface area contributed by atoms with Gasteiger partial charge in [-0.15, -0.1) is 0 Å². The maximum atomic E-state index is 12.4. The van der Waals surface area contributed by atoms with Gasteiger partial charge in [-0.2, -0.15) is 0 Å². The van der Waals surface area contributed by atoms with Crippen molar-refractivity contribution in [1.29, 1.82) is 0 Å². The third kappa shape index (κ3) is 5.05. The largest absolute Gasteiger partial charge is 0.338 e. The normalized spacial score (nSPS) is 24.6. The molecule has 3 rings (SSSR count). The number of hydrogen-bond acceptors (Lipinski definition) is 3. The van der Waals surface area contributed by atoms with E-state index in [1.54, 1.807) is 0 Å². The first-order valence-electron chi connectivity index (χ1n) is 9.84. The summed E-state index contributed by atoms with van der Waals surface area (Å²) in [5.41, 5.74) is 1.44. The molecule has 0 aliphatic carbocycles. The van der Waals surface area contributed by atoms with Crippen LogP contribution in [0.1, 0.15) is 31.2 Å². The predicted molar refractivity (Wildman–Crippen MR) is 103 cm³/mol. The van der Waals surface area contributed by atoms with Crippen LogP contribution in [0.4, 0.5) is 0 Å². The standard InChI is InChI=1S/C21H33N3O/c1-22(2)15-16-24-20-12-14-23(17-19(20)10-11-21(24)25)13-6-9-18-7-4-3-5-8-18/h3-5,7-8,19-20H,6,9-17H2,1-2H3/t19-,20+/m0/s1. The number of piperidine rings is 2. The lowest BCUT2D eigenvalue weighted by Crippen LogP contribution is -2.57. The molecule has 25 heavy (non-hydrogen) atoms. The van der Waals surface area contributed by atoms with Crippen LogP contribution >= 0.6 is 0 Å². The highest BCUT2D eigenvalue weighted by atomic mass is 16.2. The molecule has 2 heterocycles. The maximum absolute atomic E-state index is 12.4. The highest BCUT2D eigenvalue weighted by Crippen LogP contribution is 2.31. The minimum Gasteiger partial charge on any atom is -0.338 e. The third-order valence-corrected chi connectivity index (χ3v) is 5.80. The highest BCUT2D eigenvalue weighted by Gasteiger charge is 2.38. The number of hydrogen-bond donors (Lipinski definition) is 0. The molecule has 0 spiro atoms. The van der Waals surface area contributed by atoms with Crippen LogP contribution < -0.4 is 0 Å². The molecular weight excluding hydrogens is 310 g/mol. The Morgan fingerprint density at radius 1 is 1.12 bits per heavy atom. The lowest BCUT2D eigenvalue weighted by atomic mass is 9.83. The molecule has 2 saturated heterocycles. The fourth-order valence-corrected chi connectivity index (χ4v) is 4.38. The van der Waals surface area contributed by atoms with E-state index in [4.69, 9.17) is 0 Å². The number of carbonyl (C=O) groups excluding carboxylic acids is 1. The zero-order valence-electron chi connectivity index (χ0n) is 15.9. The summed E-state index contributed by atoms with van der Waals surface area (Å²) in [7, 11) is 4.17. The van der Waals surface area contributed by atoms with Gasteiger partial charge in [-0.05, 0) is 57.8 Å². The van der Waals surface area contributed by atoms with E-state index in [2.05, 4.69) is 59.1 Å². The summed E-state index contributed by atoms with van der Waals surface area (Å²) in [6, 6.07) is 11.3. The Hall–Kier alpha value is -1.39. The first-order valence-corrected chi connectivity index (χ1v) is 9.84. The summed E-state index contributed by atoms with van der Waals surface area (Å²) in [6.45, 7) is 5.35. The number of fused-ring (bicyclic) bond motifs is 1. The van der Waals surface area contributed by atoms with Crippen LogP contribution in [0.25, 0.3) is 0 Å². The summed E-state index contributed by atoms with van der Waals surface area (Å²) in [5, 5.41) is 0. The zero-order valence-corrected chi connectivity index (χ0v) is 15.9. The van der Waals surface area contributed by atoms with Crippen molar-refractivity contribution in [1.82, 2.24) is 14.7 Å². The van der Waals surface area contributed by atoms with Gasteiger partial charge >= 0.3 is 0 Å². The van der Waals surface area contributed by atoms with E-state index in [1.807, 2.05) is 0 Å². The average Bonchev–Trinajstić information content (AvgIpc) is 2.61. The van der Waals surface area contributed by atoms with Crippen LogP contribution in [0.2, 0.25) is 0 Å². The van der Waals surface area contributed by atoms with Gasteiger partial charge in [0, 0.05) is 38.6 Å². The van der Waals surface area contributed by atoms with Crippen molar-refractivity contribution < 1.29 is 4.79 Å². The molecule has 1 aromatic carbocycles. The molecule has 0 unspecified atom stereocenters. The van der Waals surface area contributed by atoms with E-state index < -0.39 is 0 Å². The van der Waals surface area contributed by atoms with Crippen LogP contribution in [-0.2, 0) is 11.2 Å². The summed E-state index contributed by atoms with van der Waals surface area (Å²) in [6.07, 6.45) is 5.36. The molecule has 0 bridgehead atoms. The van der Waals surface area contributed by atoms with Crippen molar-refractivity contribution in [3.63, 3.8) is 0 Å². The van der Waals surface area contributed by atoms with E-state index in [1.165, 1.54) is 31.5 Å². The Balaban J connectivity index is 1.47. The molecule has 2 aliphatic heterocycles. The van der Waals surface area contributed by atoms with Gasteiger partial charge in [0.2, 0.25) is 5.91 Å². The third-order valence-electron chi connectivity index (χ3n) is 5.80. The Morgan fingerprint density at radius 2 is 1.92 bits per heavy atom. The van der Waals surface area contributed by atoms with Gasteiger partial charge in [-0.25, -0.2) is 0 Å². The average molecular weight is 344 g/mol. The summed E-state index contributed by atoms with van der Waals surface area (Å²) in [5.74, 6) is 1.05. The molecule has 2 aliphatic rings. The molecule has 4 nitrogen and oxygen atoms in total. The lowest BCUT2D eigenvalue weighted by Gasteiger charge is -2.47. The van der Waals surface area contributed by atoms with Crippen molar-refractivity contribution in [2.75, 3.05) is 46.8 Å². The van der Waals surface area contributed by atoms with Gasteiger partial charge in [0.05, 0.1) is 0 Å². The molecule has 0 radical (unpaired) electrons. The molecule has 138 valence electrons. The van der Waals surface area contributed by atoms with Gasteiger partial charge in [0.1, 0.15) is 0 Å². The number of carbonyl (C=O) groups is 1. The number of benzene rings is 1. The van der Waals surface area contributed by atoms with Crippen LogP contribution in [0.3, 0.4) is 0 Å². The SMILES string of the molecule is CN(C)CCN1C(=O)CC[C@H]2CN(CCCc3ccccc3)CC[C@H]21. The molecule has 1 amide bonds. The monoisotopic (exact) mass is 343 g/mol. The molecule has 2 atom stereocenters. The van der Waals surface area contributed by atoms with Crippen molar-refractivity contribution in [2.45, 2.75) is 38.1 Å². The molecule has 2 fully saturated rings. The van der Waals surface area contributed by atoms with Crippen LogP contribution in [-0.4, -0.2) is 73.5 Å². The summed E-state index contributed by atoms with van der Waals surface area (Å²) < 4.78 is 0. The summed E-state index contributed by atoms with van der Waals surface area (Å²) >= 11 is 0. The second-order valence-electron chi connectivity index (χ2n) is 7.93. The minimum absolute atomic E-state index is 0.376. The minimum atomic E-state index is 0.376. The Bertz CT molecular complexity index is 545. The van der Waals surface area contributed by atoms with Gasteiger partial charge in [-0.1, -0.05) is 30.3 Å². The van der Waals surface area contributed by atoms with E-state index >= 15 is 0 Å². The molecule has 0 aromatic heterocycles. The molecule has 1 aromatic rings. The first-order chi connectivity index (χ1) is 12.1. The smallest absolute Gasteiger partial charge is 0.222 e. The van der Waals surface area contributed by atoms with Gasteiger partial charge < -0.3 is 14.7 Å². The van der Waals surface area contributed by atoms with Crippen molar-refractivity contribution >= 4 is 5.91 Å². The van der Waals surface area contributed by atoms with Crippen molar-refractivity contribution in [2.24, 2.45) is 5.92 Å². The number of likely N-dealkylation sites (tertiary alicyclic amines) is 2. The maximum Gasteiger partial charge on any atom is 0.222 e. The highest BCUT2D eigenvalue weighted by molar-refractivity contribution is 5.77. The van der Waals surface area contributed by atoms with E-state index in [-0.39, 0.29) is 0 Å². The fourth-order valence-electron chi connectivity index (χ4n) is 4.38. The number of amides is 1. The second-order valence-corrected chi connectivity index (χ2v) is 7.93. The Kier molecular flexibility index (Phi) is 6.49. The number of rotatable bonds is 7.